The van der Waals surface area contributed by atoms with Crippen LogP contribution < -0.4 is 10.6 Å². The summed E-state index contributed by atoms with van der Waals surface area (Å²) >= 11 is 0. The normalized spacial score (nSPS) is 18.6. The van der Waals surface area contributed by atoms with Crippen LogP contribution in [-0.2, 0) is 25.5 Å². The molecular weight excluding hydrogens is 462 g/mol. The van der Waals surface area contributed by atoms with E-state index in [0.717, 1.165) is 30.4 Å². The average molecular weight is 492 g/mol. The van der Waals surface area contributed by atoms with Crippen LogP contribution in [0.2, 0.25) is 0 Å². The number of phenolic OH excluding ortho intramolecular Hbond substituents is 1. The highest BCUT2D eigenvalue weighted by Gasteiger charge is 2.37. The Hall–Kier alpha value is -4.14. The highest BCUT2D eigenvalue weighted by atomic mass is 16.5. The first kappa shape index (κ1) is 25.0. The number of ether oxygens (including phenoxy) is 1. The number of benzene rings is 2. The third-order valence-electron chi connectivity index (χ3n) is 6.52. The Labute approximate surface area is 209 Å². The largest absolute Gasteiger partial charge is 0.508 e. The Morgan fingerprint density at radius 2 is 1.83 bits per heavy atom. The molecule has 9 heteroatoms. The third-order valence-corrected chi connectivity index (χ3v) is 6.52. The second-order valence-electron chi connectivity index (χ2n) is 8.88. The van der Waals surface area contributed by atoms with Gasteiger partial charge < -0.3 is 25.4 Å². The van der Waals surface area contributed by atoms with E-state index >= 15 is 0 Å². The van der Waals surface area contributed by atoms with Gasteiger partial charge in [0.2, 0.25) is 11.8 Å². The molecule has 2 atom stereocenters. The van der Waals surface area contributed by atoms with Gasteiger partial charge in [-0.3, -0.25) is 19.2 Å². The van der Waals surface area contributed by atoms with Crippen molar-refractivity contribution in [1.29, 1.82) is 0 Å². The van der Waals surface area contributed by atoms with E-state index in [9.17, 15) is 24.3 Å². The summed E-state index contributed by atoms with van der Waals surface area (Å²) in [7, 11) is 1.22. The Morgan fingerprint density at radius 1 is 1.11 bits per heavy atom. The molecule has 0 spiro atoms. The molecule has 9 nitrogen and oxygen atoms in total. The van der Waals surface area contributed by atoms with Gasteiger partial charge in [-0.1, -0.05) is 30.3 Å². The fourth-order valence-corrected chi connectivity index (χ4v) is 4.71. The Bertz CT molecular complexity index is 1190. The molecule has 2 aliphatic heterocycles. The molecule has 2 aromatic carbocycles. The predicted molar refractivity (Wildman–Crippen MR) is 132 cm³/mol. The highest BCUT2D eigenvalue weighted by molar-refractivity contribution is 6.07. The summed E-state index contributed by atoms with van der Waals surface area (Å²) in [4.78, 5) is 52.4. The molecule has 36 heavy (non-hydrogen) atoms. The SMILES string of the molecule is COC(=O)CNC(=O)[C@H](Cc1ccc(O)cc1)NC(=O)/C=C1/c2ccccc2C(=O)N2CCCC[C@H]12. The number of phenols is 1. The topological polar surface area (TPSA) is 125 Å². The van der Waals surface area contributed by atoms with Gasteiger partial charge in [0.15, 0.2) is 0 Å². The number of methoxy groups -OCH3 is 1. The predicted octanol–water partition coefficient (Wildman–Crippen LogP) is 1.80. The Morgan fingerprint density at radius 3 is 2.56 bits per heavy atom. The molecule has 2 aromatic rings. The number of carbonyl (C=O) groups is 4. The maximum absolute atomic E-state index is 13.2. The summed E-state index contributed by atoms with van der Waals surface area (Å²) in [6.45, 7) is 0.307. The number of rotatable bonds is 7. The minimum Gasteiger partial charge on any atom is -0.508 e. The van der Waals surface area contributed by atoms with Gasteiger partial charge in [0.05, 0.1) is 13.2 Å². The first-order chi connectivity index (χ1) is 17.4. The molecule has 1 saturated heterocycles. The van der Waals surface area contributed by atoms with Crippen molar-refractivity contribution in [1.82, 2.24) is 15.5 Å². The minimum absolute atomic E-state index is 0.0275. The molecule has 188 valence electrons. The van der Waals surface area contributed by atoms with Crippen molar-refractivity contribution in [2.24, 2.45) is 0 Å². The first-order valence-corrected chi connectivity index (χ1v) is 11.9. The van der Waals surface area contributed by atoms with Gasteiger partial charge in [0.25, 0.3) is 5.91 Å². The third kappa shape index (κ3) is 5.56. The van der Waals surface area contributed by atoms with E-state index in [0.29, 0.717) is 17.7 Å². The second-order valence-corrected chi connectivity index (χ2v) is 8.88. The number of aromatic hydroxyl groups is 1. The number of fused-ring (bicyclic) bond motifs is 2. The number of esters is 1. The molecule has 2 heterocycles. The van der Waals surface area contributed by atoms with Gasteiger partial charge in [-0.05, 0) is 54.2 Å². The number of amides is 3. The van der Waals surface area contributed by atoms with Gasteiger partial charge in [-0.15, -0.1) is 0 Å². The van der Waals surface area contributed by atoms with Crippen LogP contribution in [0.5, 0.6) is 5.75 Å². The van der Waals surface area contributed by atoms with Crippen molar-refractivity contribution >= 4 is 29.3 Å². The Kier molecular flexibility index (Phi) is 7.68. The number of nitrogens with zero attached hydrogens (tertiary/aromatic N) is 1. The molecular formula is C27H29N3O6. The summed E-state index contributed by atoms with van der Waals surface area (Å²) < 4.78 is 4.58. The van der Waals surface area contributed by atoms with E-state index in [1.54, 1.807) is 24.3 Å². The van der Waals surface area contributed by atoms with Crippen molar-refractivity contribution in [2.45, 2.75) is 37.8 Å². The van der Waals surface area contributed by atoms with Crippen LogP contribution in [0.25, 0.3) is 5.57 Å². The molecule has 3 amide bonds. The van der Waals surface area contributed by atoms with E-state index in [2.05, 4.69) is 15.4 Å². The lowest BCUT2D eigenvalue weighted by Crippen LogP contribution is -2.50. The summed E-state index contributed by atoms with van der Waals surface area (Å²) in [5.41, 5.74) is 2.75. The summed E-state index contributed by atoms with van der Waals surface area (Å²) in [5.74, 6) is -1.57. The summed E-state index contributed by atoms with van der Waals surface area (Å²) in [5, 5.41) is 14.8. The second kappa shape index (κ2) is 11.1. The van der Waals surface area contributed by atoms with E-state index in [1.807, 2.05) is 17.0 Å². The zero-order valence-electron chi connectivity index (χ0n) is 20.0. The number of piperidine rings is 1. The van der Waals surface area contributed by atoms with Crippen LogP contribution in [0, 0.1) is 0 Å². The standard InChI is InChI=1S/C27H29N3O6/c1-36-25(33)16-28-26(34)22(14-17-9-11-18(31)12-10-17)29-24(32)15-21-19-6-2-3-7-20(19)27(35)30-13-5-4-8-23(21)30/h2-3,6-7,9-12,15,22-23,31H,4-5,8,13-14,16H2,1H3,(H,28,34)(H,29,32)/b21-15-/t22-,23+/m0/s1. The molecule has 4 rings (SSSR count). The van der Waals surface area contributed by atoms with Crippen LogP contribution in [-0.4, -0.2) is 66.0 Å². The highest BCUT2D eigenvalue weighted by Crippen LogP contribution is 2.37. The fourth-order valence-electron chi connectivity index (χ4n) is 4.71. The molecule has 0 aromatic heterocycles. The lowest BCUT2D eigenvalue weighted by molar-refractivity contribution is -0.141. The van der Waals surface area contributed by atoms with Crippen LogP contribution in [0.1, 0.15) is 40.7 Å². The van der Waals surface area contributed by atoms with Crippen molar-refractivity contribution in [3.63, 3.8) is 0 Å². The average Bonchev–Trinajstić information content (AvgIpc) is 2.90. The van der Waals surface area contributed by atoms with Crippen LogP contribution in [0.4, 0.5) is 0 Å². The van der Waals surface area contributed by atoms with Gasteiger partial charge in [-0.2, -0.15) is 0 Å². The van der Waals surface area contributed by atoms with Gasteiger partial charge >= 0.3 is 5.97 Å². The van der Waals surface area contributed by atoms with Crippen molar-refractivity contribution in [2.75, 3.05) is 20.2 Å². The van der Waals surface area contributed by atoms with Crippen LogP contribution in [0.3, 0.4) is 0 Å². The molecule has 3 N–H and O–H groups in total. The zero-order valence-corrected chi connectivity index (χ0v) is 20.0. The zero-order chi connectivity index (χ0) is 25.7. The lowest BCUT2D eigenvalue weighted by atomic mass is 9.83. The van der Waals surface area contributed by atoms with E-state index < -0.39 is 23.8 Å². The monoisotopic (exact) mass is 491 g/mol. The van der Waals surface area contributed by atoms with Crippen molar-refractivity contribution in [3.05, 3.63) is 71.3 Å². The number of hydrogen-bond donors (Lipinski definition) is 3. The maximum Gasteiger partial charge on any atom is 0.325 e. The molecule has 1 fully saturated rings. The smallest absolute Gasteiger partial charge is 0.325 e. The summed E-state index contributed by atoms with van der Waals surface area (Å²) in [6.07, 6.45) is 4.25. The molecule has 0 bridgehead atoms. The number of hydrogen-bond acceptors (Lipinski definition) is 6. The Balaban J connectivity index is 1.59. The van der Waals surface area contributed by atoms with Crippen molar-refractivity contribution in [3.8, 4) is 5.75 Å². The van der Waals surface area contributed by atoms with Crippen LogP contribution in [0.15, 0.2) is 54.6 Å². The van der Waals surface area contributed by atoms with Crippen LogP contribution >= 0.6 is 0 Å². The van der Waals surface area contributed by atoms with E-state index in [-0.39, 0.29) is 30.7 Å². The lowest BCUT2D eigenvalue weighted by Gasteiger charge is -2.41. The molecule has 2 aliphatic rings. The quantitative estimate of drug-likeness (QED) is 0.401. The number of carbonyl (C=O) groups excluding carboxylic acids is 4. The summed E-state index contributed by atoms with van der Waals surface area (Å²) in [6, 6.07) is 12.4. The molecule has 0 radical (unpaired) electrons. The molecule has 0 saturated carbocycles. The minimum atomic E-state index is -0.980. The fraction of sp³-hybridized carbons (Fsp3) is 0.333. The molecule has 0 unspecified atom stereocenters. The first-order valence-electron chi connectivity index (χ1n) is 11.9. The van der Waals surface area contributed by atoms with E-state index in [4.69, 9.17) is 0 Å². The van der Waals surface area contributed by atoms with Gasteiger partial charge in [0.1, 0.15) is 18.3 Å². The molecule has 0 aliphatic carbocycles. The number of nitrogens with one attached hydrogen (secondary N) is 2. The van der Waals surface area contributed by atoms with E-state index in [1.165, 1.54) is 25.3 Å². The van der Waals surface area contributed by atoms with Gasteiger partial charge in [0, 0.05) is 24.6 Å². The van der Waals surface area contributed by atoms with Gasteiger partial charge in [-0.25, -0.2) is 0 Å². The van der Waals surface area contributed by atoms with Crippen molar-refractivity contribution < 1.29 is 29.0 Å². The maximum atomic E-state index is 13.2.